The van der Waals surface area contributed by atoms with E-state index >= 15 is 0 Å². The largest absolute Gasteiger partial charge is 0.374 e. The third-order valence-corrected chi connectivity index (χ3v) is 5.36. The van der Waals surface area contributed by atoms with Gasteiger partial charge in [-0.3, -0.25) is 4.79 Å². The smallest absolute Gasteiger partial charge is 0.227 e. The Kier molecular flexibility index (Phi) is 4.04. The predicted octanol–water partition coefficient (Wildman–Crippen LogP) is 3.53. The Bertz CT molecular complexity index is 725. The number of morpholine rings is 1. The topological polar surface area (TPSA) is 45.3 Å². The Morgan fingerprint density at radius 1 is 1.35 bits per heavy atom. The molecular formula is C18H21ClN2O2. The third kappa shape index (κ3) is 2.86. The summed E-state index contributed by atoms with van der Waals surface area (Å²) in [5.74, 6) is 0.200. The van der Waals surface area contributed by atoms with Gasteiger partial charge in [0, 0.05) is 28.7 Å². The van der Waals surface area contributed by atoms with Crippen molar-refractivity contribution in [3.8, 4) is 0 Å². The van der Waals surface area contributed by atoms with Crippen molar-refractivity contribution < 1.29 is 9.53 Å². The number of ether oxygens (including phenoxy) is 1. The molecule has 2 aromatic rings. The molecule has 2 unspecified atom stereocenters. The Labute approximate surface area is 140 Å². The van der Waals surface area contributed by atoms with E-state index in [0.717, 1.165) is 29.3 Å². The van der Waals surface area contributed by atoms with Gasteiger partial charge in [-0.15, -0.1) is 0 Å². The van der Waals surface area contributed by atoms with Gasteiger partial charge in [0.25, 0.3) is 0 Å². The maximum Gasteiger partial charge on any atom is 0.227 e. The van der Waals surface area contributed by atoms with Crippen LogP contribution in [0.25, 0.3) is 10.9 Å². The summed E-state index contributed by atoms with van der Waals surface area (Å²) in [6, 6.07) is 6.01. The van der Waals surface area contributed by atoms with Crippen LogP contribution in [0.4, 0.5) is 0 Å². The van der Waals surface area contributed by atoms with E-state index in [-0.39, 0.29) is 18.1 Å². The normalized spacial score (nSPS) is 24.7. The number of rotatable bonds is 2. The van der Waals surface area contributed by atoms with Gasteiger partial charge in [0.15, 0.2) is 0 Å². The monoisotopic (exact) mass is 332 g/mol. The van der Waals surface area contributed by atoms with Gasteiger partial charge in [0.1, 0.15) is 0 Å². The maximum absolute atomic E-state index is 12.9. The van der Waals surface area contributed by atoms with Gasteiger partial charge in [0.05, 0.1) is 25.2 Å². The number of hydrogen-bond acceptors (Lipinski definition) is 2. The van der Waals surface area contributed by atoms with E-state index in [9.17, 15) is 4.79 Å². The van der Waals surface area contributed by atoms with Gasteiger partial charge in [-0.2, -0.15) is 0 Å². The molecule has 2 heterocycles. The zero-order chi connectivity index (χ0) is 15.8. The van der Waals surface area contributed by atoms with Crippen molar-refractivity contribution in [2.75, 3.05) is 13.2 Å². The molecule has 1 aromatic carbocycles. The molecule has 1 N–H and O–H groups in total. The second kappa shape index (κ2) is 6.17. The number of nitrogens with one attached hydrogen (secondary N) is 1. The zero-order valence-corrected chi connectivity index (χ0v) is 13.8. The quantitative estimate of drug-likeness (QED) is 0.914. The van der Waals surface area contributed by atoms with E-state index in [1.165, 1.54) is 12.8 Å². The number of carbonyl (C=O) groups excluding carboxylic acids is 1. The van der Waals surface area contributed by atoms with Gasteiger partial charge in [-0.05, 0) is 36.6 Å². The Morgan fingerprint density at radius 2 is 2.22 bits per heavy atom. The standard InChI is InChI=1S/C18H21ClN2O2/c19-13-5-6-15-14(10-13)12(11-20-15)9-18(22)21-7-8-23-17-4-2-1-3-16(17)21/h5-6,10-11,16-17,20H,1-4,7-9H2. The van der Waals surface area contributed by atoms with Crippen LogP contribution in [0.5, 0.6) is 0 Å². The summed E-state index contributed by atoms with van der Waals surface area (Å²) in [7, 11) is 0. The molecule has 4 nitrogen and oxygen atoms in total. The summed E-state index contributed by atoms with van der Waals surface area (Å²) >= 11 is 6.10. The van der Waals surface area contributed by atoms with Crippen LogP contribution in [0.2, 0.25) is 5.02 Å². The highest BCUT2D eigenvalue weighted by Crippen LogP contribution is 2.29. The van der Waals surface area contributed by atoms with Gasteiger partial charge in [0.2, 0.25) is 5.91 Å². The Balaban J connectivity index is 1.55. The lowest BCUT2D eigenvalue weighted by atomic mass is 9.90. The first-order valence-electron chi connectivity index (χ1n) is 8.39. The van der Waals surface area contributed by atoms with Crippen LogP contribution < -0.4 is 0 Å². The number of nitrogens with zero attached hydrogens (tertiary/aromatic N) is 1. The van der Waals surface area contributed by atoms with Crippen LogP contribution >= 0.6 is 11.6 Å². The number of halogens is 1. The van der Waals surface area contributed by atoms with Crippen LogP contribution in [0.15, 0.2) is 24.4 Å². The highest BCUT2D eigenvalue weighted by molar-refractivity contribution is 6.31. The summed E-state index contributed by atoms with van der Waals surface area (Å²) in [6.45, 7) is 1.37. The van der Waals surface area contributed by atoms with Gasteiger partial charge < -0.3 is 14.6 Å². The van der Waals surface area contributed by atoms with Crippen molar-refractivity contribution in [3.05, 3.63) is 35.0 Å². The lowest BCUT2D eigenvalue weighted by Gasteiger charge is -2.43. The summed E-state index contributed by atoms with van der Waals surface area (Å²) in [5, 5.41) is 1.74. The number of aromatic nitrogens is 1. The van der Waals surface area contributed by atoms with Crippen LogP contribution in [-0.2, 0) is 16.0 Å². The minimum absolute atomic E-state index is 0.200. The second-order valence-electron chi connectivity index (χ2n) is 6.53. The fraction of sp³-hybridized carbons (Fsp3) is 0.500. The van der Waals surface area contributed by atoms with Gasteiger partial charge >= 0.3 is 0 Å². The average Bonchev–Trinajstić information content (AvgIpc) is 2.96. The lowest BCUT2D eigenvalue weighted by molar-refractivity contribution is -0.148. The SMILES string of the molecule is O=C(Cc1c[nH]c2ccc(Cl)cc12)N1CCOC2CCCCC21. The molecule has 23 heavy (non-hydrogen) atoms. The van der Waals surface area contributed by atoms with E-state index < -0.39 is 0 Å². The zero-order valence-electron chi connectivity index (χ0n) is 13.1. The molecule has 1 aromatic heterocycles. The molecule has 4 rings (SSSR count). The number of amides is 1. The highest BCUT2D eigenvalue weighted by Gasteiger charge is 2.36. The molecule has 2 atom stereocenters. The molecular weight excluding hydrogens is 312 g/mol. The van der Waals surface area contributed by atoms with Crippen molar-refractivity contribution >= 4 is 28.4 Å². The minimum Gasteiger partial charge on any atom is -0.374 e. The van der Waals surface area contributed by atoms with E-state index in [4.69, 9.17) is 16.3 Å². The summed E-state index contributed by atoms with van der Waals surface area (Å²) < 4.78 is 5.87. The molecule has 1 amide bonds. The molecule has 122 valence electrons. The van der Waals surface area contributed by atoms with Crippen LogP contribution in [-0.4, -0.2) is 41.1 Å². The first-order valence-corrected chi connectivity index (χ1v) is 8.77. The average molecular weight is 333 g/mol. The van der Waals surface area contributed by atoms with Gasteiger partial charge in [-0.25, -0.2) is 0 Å². The number of aromatic amines is 1. The van der Waals surface area contributed by atoms with E-state index in [1.54, 1.807) is 0 Å². The molecule has 1 saturated carbocycles. The fourth-order valence-electron chi connectivity index (χ4n) is 3.97. The second-order valence-corrected chi connectivity index (χ2v) is 6.97. The van der Waals surface area contributed by atoms with Crippen molar-refractivity contribution in [1.29, 1.82) is 0 Å². The minimum atomic E-state index is 0.200. The lowest BCUT2D eigenvalue weighted by Crippen LogP contribution is -2.55. The molecule has 2 fully saturated rings. The fourth-order valence-corrected chi connectivity index (χ4v) is 4.14. The number of fused-ring (bicyclic) bond motifs is 2. The Hall–Kier alpha value is -1.52. The molecule has 0 radical (unpaired) electrons. The maximum atomic E-state index is 12.9. The van der Waals surface area contributed by atoms with Gasteiger partial charge in [-0.1, -0.05) is 24.4 Å². The summed E-state index contributed by atoms with van der Waals surface area (Å²) in [4.78, 5) is 18.2. The number of hydrogen-bond donors (Lipinski definition) is 1. The van der Waals surface area contributed by atoms with E-state index in [2.05, 4.69) is 9.88 Å². The number of benzene rings is 1. The third-order valence-electron chi connectivity index (χ3n) is 5.12. The van der Waals surface area contributed by atoms with E-state index in [1.807, 2.05) is 24.4 Å². The summed E-state index contributed by atoms with van der Waals surface area (Å²) in [5.41, 5.74) is 2.04. The van der Waals surface area contributed by atoms with E-state index in [0.29, 0.717) is 24.6 Å². The van der Waals surface area contributed by atoms with Crippen molar-refractivity contribution in [1.82, 2.24) is 9.88 Å². The van der Waals surface area contributed by atoms with Crippen LogP contribution in [0.3, 0.4) is 0 Å². The van der Waals surface area contributed by atoms with Crippen molar-refractivity contribution in [2.45, 2.75) is 44.2 Å². The summed E-state index contributed by atoms with van der Waals surface area (Å²) in [6.07, 6.45) is 7.13. The Morgan fingerprint density at radius 3 is 3.13 bits per heavy atom. The highest BCUT2D eigenvalue weighted by atomic mass is 35.5. The van der Waals surface area contributed by atoms with Crippen molar-refractivity contribution in [2.24, 2.45) is 0 Å². The molecule has 1 aliphatic carbocycles. The number of H-pyrrole nitrogens is 1. The molecule has 1 saturated heterocycles. The predicted molar refractivity (Wildman–Crippen MR) is 90.7 cm³/mol. The number of carbonyl (C=O) groups is 1. The van der Waals surface area contributed by atoms with Crippen LogP contribution in [0, 0.1) is 0 Å². The first kappa shape index (κ1) is 15.0. The molecule has 5 heteroatoms. The first-order chi connectivity index (χ1) is 11.2. The molecule has 2 aliphatic rings. The van der Waals surface area contributed by atoms with Crippen LogP contribution in [0.1, 0.15) is 31.2 Å². The van der Waals surface area contributed by atoms with Crippen molar-refractivity contribution in [3.63, 3.8) is 0 Å². The molecule has 0 spiro atoms. The molecule has 1 aliphatic heterocycles. The molecule has 0 bridgehead atoms.